The van der Waals surface area contributed by atoms with Crippen molar-refractivity contribution in [2.75, 3.05) is 0 Å². The SMILES string of the molecule is Cc1ccc(CNC(C)c2ccc(F)c(F)c2)o1. The maximum atomic E-state index is 13.1. The minimum Gasteiger partial charge on any atom is -0.465 e. The maximum absolute atomic E-state index is 13.1. The van der Waals surface area contributed by atoms with Crippen LogP contribution in [-0.2, 0) is 6.54 Å². The topological polar surface area (TPSA) is 25.2 Å². The van der Waals surface area contributed by atoms with Gasteiger partial charge in [-0.15, -0.1) is 0 Å². The fraction of sp³-hybridized carbons (Fsp3) is 0.286. The first-order chi connectivity index (χ1) is 8.56. The Balaban J connectivity index is 1.99. The molecule has 1 aromatic carbocycles. The Hall–Kier alpha value is -1.68. The molecule has 0 bridgehead atoms. The molecule has 0 radical (unpaired) electrons. The maximum Gasteiger partial charge on any atom is 0.159 e. The zero-order valence-corrected chi connectivity index (χ0v) is 10.3. The number of furan rings is 1. The number of hydrogen-bond acceptors (Lipinski definition) is 2. The molecule has 2 nitrogen and oxygen atoms in total. The van der Waals surface area contributed by atoms with Crippen molar-refractivity contribution in [1.29, 1.82) is 0 Å². The first kappa shape index (κ1) is 12.8. The summed E-state index contributed by atoms with van der Waals surface area (Å²) in [6.07, 6.45) is 0. The van der Waals surface area contributed by atoms with Gasteiger partial charge in [-0.25, -0.2) is 8.78 Å². The molecule has 18 heavy (non-hydrogen) atoms. The number of halogens is 2. The van der Waals surface area contributed by atoms with Gasteiger partial charge in [-0.05, 0) is 43.7 Å². The van der Waals surface area contributed by atoms with E-state index in [1.165, 1.54) is 6.07 Å². The monoisotopic (exact) mass is 251 g/mol. The highest BCUT2D eigenvalue weighted by atomic mass is 19.2. The van der Waals surface area contributed by atoms with Crippen molar-refractivity contribution in [3.63, 3.8) is 0 Å². The van der Waals surface area contributed by atoms with Gasteiger partial charge in [-0.3, -0.25) is 0 Å². The lowest BCUT2D eigenvalue weighted by molar-refractivity contribution is 0.442. The Morgan fingerprint density at radius 3 is 2.56 bits per heavy atom. The molecule has 2 rings (SSSR count). The van der Waals surface area contributed by atoms with E-state index in [4.69, 9.17) is 4.42 Å². The van der Waals surface area contributed by atoms with Gasteiger partial charge in [-0.2, -0.15) is 0 Å². The van der Waals surface area contributed by atoms with Crippen molar-refractivity contribution in [3.05, 3.63) is 59.1 Å². The lowest BCUT2D eigenvalue weighted by Gasteiger charge is -2.13. The van der Waals surface area contributed by atoms with E-state index in [2.05, 4.69) is 5.32 Å². The Labute approximate surface area is 105 Å². The largest absolute Gasteiger partial charge is 0.465 e. The van der Waals surface area contributed by atoms with E-state index in [0.717, 1.165) is 17.6 Å². The van der Waals surface area contributed by atoms with Crippen LogP contribution in [0.5, 0.6) is 0 Å². The van der Waals surface area contributed by atoms with E-state index in [1.54, 1.807) is 6.07 Å². The predicted octanol–water partition coefficient (Wildman–Crippen LogP) is 3.72. The number of benzene rings is 1. The molecule has 0 spiro atoms. The van der Waals surface area contributed by atoms with Crippen LogP contribution < -0.4 is 5.32 Å². The van der Waals surface area contributed by atoms with Crippen molar-refractivity contribution in [1.82, 2.24) is 5.32 Å². The van der Waals surface area contributed by atoms with Gasteiger partial charge >= 0.3 is 0 Å². The van der Waals surface area contributed by atoms with Gasteiger partial charge in [-0.1, -0.05) is 6.07 Å². The standard InChI is InChI=1S/C14H15F2NO/c1-9-3-5-12(18-9)8-17-10(2)11-4-6-13(15)14(16)7-11/h3-7,10,17H,8H2,1-2H3. The van der Waals surface area contributed by atoms with Gasteiger partial charge in [0.25, 0.3) is 0 Å². The molecule has 0 saturated carbocycles. The molecule has 96 valence electrons. The van der Waals surface area contributed by atoms with Gasteiger partial charge in [0.1, 0.15) is 11.5 Å². The average molecular weight is 251 g/mol. The third kappa shape index (κ3) is 2.96. The molecule has 1 aromatic heterocycles. The fourth-order valence-electron chi connectivity index (χ4n) is 1.73. The lowest BCUT2D eigenvalue weighted by Crippen LogP contribution is -2.18. The normalized spacial score (nSPS) is 12.7. The molecule has 2 aromatic rings. The van der Waals surface area contributed by atoms with E-state index in [-0.39, 0.29) is 6.04 Å². The first-order valence-corrected chi connectivity index (χ1v) is 5.80. The van der Waals surface area contributed by atoms with E-state index < -0.39 is 11.6 Å². The molecular weight excluding hydrogens is 236 g/mol. The average Bonchev–Trinajstić information content (AvgIpc) is 2.75. The zero-order chi connectivity index (χ0) is 13.1. The minimum absolute atomic E-state index is 0.0782. The highest BCUT2D eigenvalue weighted by Gasteiger charge is 2.09. The molecule has 1 unspecified atom stereocenters. The molecule has 0 amide bonds. The molecular formula is C14H15F2NO. The lowest BCUT2D eigenvalue weighted by atomic mass is 10.1. The van der Waals surface area contributed by atoms with Gasteiger partial charge in [0.05, 0.1) is 6.54 Å². The van der Waals surface area contributed by atoms with Crippen molar-refractivity contribution >= 4 is 0 Å². The van der Waals surface area contributed by atoms with Crippen molar-refractivity contribution in [3.8, 4) is 0 Å². The molecule has 0 saturated heterocycles. The summed E-state index contributed by atoms with van der Waals surface area (Å²) in [5.41, 5.74) is 0.706. The molecule has 0 aliphatic heterocycles. The summed E-state index contributed by atoms with van der Waals surface area (Å²) in [5.74, 6) is 0.0248. The molecule has 0 aliphatic carbocycles. The Kier molecular flexibility index (Phi) is 3.77. The molecule has 0 aliphatic rings. The molecule has 1 atom stereocenters. The van der Waals surface area contributed by atoms with E-state index in [9.17, 15) is 8.78 Å². The van der Waals surface area contributed by atoms with Crippen LogP contribution in [0.15, 0.2) is 34.7 Å². The van der Waals surface area contributed by atoms with Crippen LogP contribution >= 0.6 is 0 Å². The summed E-state index contributed by atoms with van der Waals surface area (Å²) >= 11 is 0. The van der Waals surface area contributed by atoms with Crippen molar-refractivity contribution < 1.29 is 13.2 Å². The highest BCUT2D eigenvalue weighted by molar-refractivity contribution is 5.21. The summed E-state index contributed by atoms with van der Waals surface area (Å²) in [7, 11) is 0. The molecule has 0 fully saturated rings. The zero-order valence-electron chi connectivity index (χ0n) is 10.3. The predicted molar refractivity (Wildman–Crippen MR) is 65.1 cm³/mol. The van der Waals surface area contributed by atoms with Gasteiger partial charge < -0.3 is 9.73 Å². The Morgan fingerprint density at radius 2 is 1.94 bits per heavy atom. The van der Waals surface area contributed by atoms with Gasteiger partial charge in [0.15, 0.2) is 11.6 Å². The van der Waals surface area contributed by atoms with Crippen LogP contribution in [0, 0.1) is 18.6 Å². The smallest absolute Gasteiger partial charge is 0.159 e. The van der Waals surface area contributed by atoms with Crippen LogP contribution in [0.1, 0.15) is 30.0 Å². The fourth-order valence-corrected chi connectivity index (χ4v) is 1.73. The van der Waals surface area contributed by atoms with Crippen molar-refractivity contribution in [2.45, 2.75) is 26.4 Å². The molecule has 1 heterocycles. The molecule has 4 heteroatoms. The quantitative estimate of drug-likeness (QED) is 0.896. The number of rotatable bonds is 4. The first-order valence-electron chi connectivity index (χ1n) is 5.80. The summed E-state index contributed by atoms with van der Waals surface area (Å²) in [4.78, 5) is 0. The second kappa shape index (κ2) is 5.31. The number of aryl methyl sites for hydroxylation is 1. The summed E-state index contributed by atoms with van der Waals surface area (Å²) in [6.45, 7) is 4.32. The molecule has 1 N–H and O–H groups in total. The highest BCUT2D eigenvalue weighted by Crippen LogP contribution is 2.16. The van der Waals surface area contributed by atoms with E-state index >= 15 is 0 Å². The second-order valence-corrected chi connectivity index (χ2v) is 4.29. The second-order valence-electron chi connectivity index (χ2n) is 4.29. The summed E-state index contributed by atoms with van der Waals surface area (Å²) in [5, 5.41) is 3.19. The van der Waals surface area contributed by atoms with Crippen LogP contribution in [0.25, 0.3) is 0 Å². The minimum atomic E-state index is -0.826. The summed E-state index contributed by atoms with van der Waals surface area (Å²) in [6, 6.07) is 7.62. The van der Waals surface area contributed by atoms with E-state index in [1.807, 2.05) is 26.0 Å². The van der Waals surface area contributed by atoms with Crippen LogP contribution in [0.2, 0.25) is 0 Å². The van der Waals surface area contributed by atoms with Gasteiger partial charge in [0.2, 0.25) is 0 Å². The Morgan fingerprint density at radius 1 is 1.17 bits per heavy atom. The third-order valence-corrected chi connectivity index (χ3v) is 2.82. The van der Waals surface area contributed by atoms with Crippen molar-refractivity contribution in [2.24, 2.45) is 0 Å². The van der Waals surface area contributed by atoms with E-state index in [0.29, 0.717) is 12.1 Å². The van der Waals surface area contributed by atoms with Gasteiger partial charge in [0, 0.05) is 6.04 Å². The third-order valence-electron chi connectivity index (χ3n) is 2.82. The van der Waals surface area contributed by atoms with Crippen LogP contribution in [0.3, 0.4) is 0 Å². The van der Waals surface area contributed by atoms with Crippen LogP contribution in [0.4, 0.5) is 8.78 Å². The number of hydrogen-bond donors (Lipinski definition) is 1. The Bertz CT molecular complexity index is 536. The number of nitrogens with one attached hydrogen (secondary N) is 1. The van der Waals surface area contributed by atoms with Crippen LogP contribution in [-0.4, -0.2) is 0 Å². The summed E-state index contributed by atoms with van der Waals surface area (Å²) < 4.78 is 31.3.